The Morgan fingerprint density at radius 2 is 1.93 bits per heavy atom. The Morgan fingerprint density at radius 3 is 2.40 bits per heavy atom. The van der Waals surface area contributed by atoms with Crippen LogP contribution in [0.1, 0.15) is 32.1 Å². The van der Waals surface area contributed by atoms with Crippen molar-refractivity contribution >= 4 is 7.80 Å². The van der Waals surface area contributed by atoms with E-state index in [9.17, 15) is 18.5 Å². The van der Waals surface area contributed by atoms with Crippen molar-refractivity contribution in [2.75, 3.05) is 12.8 Å². The standard InChI is InChI=1S/C10H18F2O2P/c1-15(14)7-9(13)10(11,12)8-5-3-2-4-6-8/h8-9,13H,2-7H2,1H3/q+1. The molecule has 0 aliphatic heterocycles. The van der Waals surface area contributed by atoms with Gasteiger partial charge in [-0.25, -0.2) is 8.78 Å². The monoisotopic (exact) mass is 239 g/mol. The van der Waals surface area contributed by atoms with Crippen LogP contribution in [0.25, 0.3) is 0 Å². The highest BCUT2D eigenvalue weighted by Gasteiger charge is 2.48. The number of aliphatic hydroxyl groups is 1. The Bertz CT molecular complexity index is 227. The first kappa shape index (κ1) is 13.0. The molecule has 2 atom stereocenters. The van der Waals surface area contributed by atoms with Gasteiger partial charge in [0.15, 0.2) is 12.3 Å². The number of hydrogen-bond acceptors (Lipinski definition) is 2. The molecule has 5 heteroatoms. The molecule has 1 rings (SSSR count). The van der Waals surface area contributed by atoms with Crippen LogP contribution in [0.2, 0.25) is 0 Å². The number of hydrogen-bond donors (Lipinski definition) is 1. The lowest BCUT2D eigenvalue weighted by Crippen LogP contribution is -2.43. The molecule has 0 heterocycles. The van der Waals surface area contributed by atoms with Crippen LogP contribution in [-0.2, 0) is 4.57 Å². The van der Waals surface area contributed by atoms with Gasteiger partial charge < -0.3 is 5.11 Å². The van der Waals surface area contributed by atoms with Gasteiger partial charge in [0.2, 0.25) is 0 Å². The third-order valence-corrected chi connectivity index (χ3v) is 3.88. The highest BCUT2D eigenvalue weighted by Crippen LogP contribution is 2.40. The third-order valence-electron chi connectivity index (χ3n) is 3.02. The first-order valence-corrected chi connectivity index (χ1v) is 7.28. The molecule has 1 aliphatic rings. The fourth-order valence-electron chi connectivity index (χ4n) is 2.12. The van der Waals surface area contributed by atoms with Gasteiger partial charge in [-0.1, -0.05) is 23.8 Å². The smallest absolute Gasteiger partial charge is 0.338 e. The predicted octanol–water partition coefficient (Wildman–Crippen LogP) is 3.02. The molecule has 0 amide bonds. The largest absolute Gasteiger partial charge is 0.382 e. The first-order valence-electron chi connectivity index (χ1n) is 5.38. The molecular formula is C10H18F2O2P+. The Kier molecular flexibility index (Phi) is 4.60. The fourth-order valence-corrected chi connectivity index (χ4v) is 2.86. The predicted molar refractivity (Wildman–Crippen MR) is 55.9 cm³/mol. The Morgan fingerprint density at radius 1 is 1.40 bits per heavy atom. The van der Waals surface area contributed by atoms with E-state index in [2.05, 4.69) is 0 Å². The van der Waals surface area contributed by atoms with Crippen molar-refractivity contribution in [1.82, 2.24) is 0 Å². The van der Waals surface area contributed by atoms with Gasteiger partial charge >= 0.3 is 7.80 Å². The molecule has 1 saturated carbocycles. The summed E-state index contributed by atoms with van der Waals surface area (Å²) in [5.74, 6) is -3.79. The van der Waals surface area contributed by atoms with Crippen LogP contribution in [0.3, 0.4) is 0 Å². The molecule has 15 heavy (non-hydrogen) atoms. The van der Waals surface area contributed by atoms with Crippen molar-refractivity contribution in [3.63, 3.8) is 0 Å². The molecule has 0 aromatic heterocycles. The normalized spacial score (nSPS) is 22.5. The van der Waals surface area contributed by atoms with Gasteiger partial charge in [-0.2, -0.15) is 0 Å². The molecule has 0 bridgehead atoms. The summed E-state index contributed by atoms with van der Waals surface area (Å²) in [5.41, 5.74) is 0. The van der Waals surface area contributed by atoms with Crippen LogP contribution in [0.5, 0.6) is 0 Å². The summed E-state index contributed by atoms with van der Waals surface area (Å²) in [5, 5.41) is 9.37. The minimum absolute atomic E-state index is 0.293. The Labute approximate surface area is 89.8 Å². The van der Waals surface area contributed by atoms with E-state index >= 15 is 0 Å². The SMILES string of the molecule is C[P+](=O)CC(O)C(F)(F)C1CCCCC1. The van der Waals surface area contributed by atoms with Crippen molar-refractivity contribution in [1.29, 1.82) is 0 Å². The molecular weight excluding hydrogens is 221 g/mol. The van der Waals surface area contributed by atoms with Crippen LogP contribution in [0, 0.1) is 5.92 Å². The van der Waals surface area contributed by atoms with E-state index in [1.54, 1.807) is 0 Å². The second-order valence-electron chi connectivity index (χ2n) is 4.34. The van der Waals surface area contributed by atoms with Crippen molar-refractivity contribution < 1.29 is 18.5 Å². The Hall–Kier alpha value is -0.0800. The first-order chi connectivity index (χ1) is 6.94. The summed E-state index contributed by atoms with van der Waals surface area (Å²) in [6.07, 6.45) is 1.55. The van der Waals surface area contributed by atoms with Crippen LogP contribution >= 0.6 is 7.80 Å². The summed E-state index contributed by atoms with van der Waals surface area (Å²) in [6, 6.07) is 0. The molecule has 2 nitrogen and oxygen atoms in total. The zero-order valence-corrected chi connectivity index (χ0v) is 9.85. The zero-order chi connectivity index (χ0) is 11.5. The maximum absolute atomic E-state index is 13.7. The fraction of sp³-hybridized carbons (Fsp3) is 1.00. The number of rotatable bonds is 4. The lowest BCUT2D eigenvalue weighted by molar-refractivity contribution is -0.146. The highest BCUT2D eigenvalue weighted by molar-refractivity contribution is 7.43. The molecule has 88 valence electrons. The molecule has 0 saturated heterocycles. The summed E-state index contributed by atoms with van der Waals surface area (Å²) < 4.78 is 38.2. The molecule has 1 fully saturated rings. The van der Waals surface area contributed by atoms with Gasteiger partial charge in [-0.15, -0.1) is 0 Å². The average Bonchev–Trinajstić information content (AvgIpc) is 2.18. The van der Waals surface area contributed by atoms with Crippen LogP contribution in [-0.4, -0.2) is 30.0 Å². The number of aliphatic hydroxyl groups excluding tert-OH is 1. The quantitative estimate of drug-likeness (QED) is 0.765. The summed E-state index contributed by atoms with van der Waals surface area (Å²) >= 11 is 0. The summed E-state index contributed by atoms with van der Waals surface area (Å²) in [4.78, 5) is 0. The van der Waals surface area contributed by atoms with Crippen molar-refractivity contribution in [3.8, 4) is 0 Å². The molecule has 0 spiro atoms. The zero-order valence-electron chi connectivity index (χ0n) is 8.96. The van der Waals surface area contributed by atoms with E-state index in [-0.39, 0.29) is 6.16 Å². The number of alkyl halides is 2. The van der Waals surface area contributed by atoms with Crippen LogP contribution in [0.15, 0.2) is 0 Å². The minimum atomic E-state index is -3.07. The summed E-state index contributed by atoms with van der Waals surface area (Å²) in [7, 11) is -1.71. The van der Waals surface area contributed by atoms with Crippen molar-refractivity contribution in [2.24, 2.45) is 5.92 Å². The third kappa shape index (κ3) is 3.46. The van der Waals surface area contributed by atoms with Gasteiger partial charge in [0, 0.05) is 5.92 Å². The second-order valence-corrected chi connectivity index (χ2v) is 5.96. The lowest BCUT2D eigenvalue weighted by atomic mass is 9.83. The van der Waals surface area contributed by atoms with E-state index in [4.69, 9.17) is 0 Å². The maximum atomic E-state index is 13.7. The van der Waals surface area contributed by atoms with Gasteiger partial charge in [0.05, 0.1) is 0 Å². The second kappa shape index (κ2) is 5.31. The summed E-state index contributed by atoms with van der Waals surface area (Å²) in [6.45, 7) is 1.37. The van der Waals surface area contributed by atoms with Gasteiger partial charge in [-0.05, 0) is 12.8 Å². The van der Waals surface area contributed by atoms with E-state index in [1.807, 2.05) is 0 Å². The number of halogens is 2. The minimum Gasteiger partial charge on any atom is -0.382 e. The van der Waals surface area contributed by atoms with Crippen molar-refractivity contribution in [2.45, 2.75) is 44.1 Å². The van der Waals surface area contributed by atoms with E-state index in [0.29, 0.717) is 12.8 Å². The van der Waals surface area contributed by atoms with Crippen LogP contribution in [0.4, 0.5) is 8.78 Å². The molecule has 0 aromatic rings. The molecule has 1 N–H and O–H groups in total. The Balaban J connectivity index is 2.58. The molecule has 0 radical (unpaired) electrons. The van der Waals surface area contributed by atoms with E-state index < -0.39 is 25.7 Å². The van der Waals surface area contributed by atoms with Crippen LogP contribution < -0.4 is 0 Å². The van der Waals surface area contributed by atoms with Gasteiger partial charge in [0.25, 0.3) is 5.92 Å². The maximum Gasteiger partial charge on any atom is 0.338 e. The van der Waals surface area contributed by atoms with E-state index in [1.165, 1.54) is 6.66 Å². The highest BCUT2D eigenvalue weighted by atomic mass is 31.1. The molecule has 0 aromatic carbocycles. The molecule has 1 aliphatic carbocycles. The topological polar surface area (TPSA) is 37.3 Å². The molecule has 2 unspecified atom stereocenters. The van der Waals surface area contributed by atoms with E-state index in [0.717, 1.165) is 19.3 Å². The lowest BCUT2D eigenvalue weighted by Gasteiger charge is -2.31. The van der Waals surface area contributed by atoms with Gasteiger partial charge in [-0.3, -0.25) is 0 Å². The average molecular weight is 239 g/mol. The van der Waals surface area contributed by atoms with Crippen molar-refractivity contribution in [3.05, 3.63) is 0 Å². The van der Waals surface area contributed by atoms with Gasteiger partial charge in [0.1, 0.15) is 6.66 Å².